The van der Waals surface area contributed by atoms with Crippen molar-refractivity contribution >= 4 is 23.3 Å². The normalized spacial score (nSPS) is 41.1. The molecule has 1 aliphatic carbocycles. The number of hydrogen-bond acceptors (Lipinski definition) is 5. The predicted molar refractivity (Wildman–Crippen MR) is 64.7 cm³/mol. The molecule has 0 aromatic heterocycles. The van der Waals surface area contributed by atoms with Crippen LogP contribution in [0, 0.1) is 5.92 Å². The minimum absolute atomic E-state index is 0.540. The van der Waals surface area contributed by atoms with Gasteiger partial charge in [0.1, 0.15) is 14.0 Å². The summed E-state index contributed by atoms with van der Waals surface area (Å²) in [5.41, 5.74) is -0.612. The van der Waals surface area contributed by atoms with E-state index in [9.17, 15) is 14.0 Å². The summed E-state index contributed by atoms with van der Waals surface area (Å²) in [6, 6.07) is -0.911. The van der Waals surface area contributed by atoms with Crippen LogP contribution in [0.5, 0.6) is 0 Å². The summed E-state index contributed by atoms with van der Waals surface area (Å²) in [4.78, 5) is 27.1. The van der Waals surface area contributed by atoms with Gasteiger partial charge in [0.2, 0.25) is 0 Å². The summed E-state index contributed by atoms with van der Waals surface area (Å²) in [7, 11) is -2.88. The lowest BCUT2D eigenvalue weighted by molar-refractivity contribution is 0.0172. The Kier molecular flexibility index (Phi) is 4.07. The second kappa shape index (κ2) is 4.93. The quantitative estimate of drug-likeness (QED) is 0.478. The number of rotatable bonds is 5. The number of hydrogen-bond donors (Lipinski definition) is 3. The molecule has 2 radical (unpaired) electrons. The molecule has 108 valence electrons. The van der Waals surface area contributed by atoms with E-state index in [1.807, 2.05) is 0 Å². The lowest BCUT2D eigenvalue weighted by Crippen LogP contribution is -2.32. The third-order valence-electron chi connectivity index (χ3n) is 3.14. The highest BCUT2D eigenvalue weighted by atomic mass is 31.2. The van der Waals surface area contributed by atoms with E-state index in [1.165, 1.54) is 13.8 Å². The Morgan fingerprint density at radius 2 is 1.74 bits per heavy atom. The molecular formula is C8H15BO8P2. The maximum atomic E-state index is 11.8. The summed E-state index contributed by atoms with van der Waals surface area (Å²) in [6.45, 7) is 3.05. The van der Waals surface area contributed by atoms with Gasteiger partial charge in [-0.05, 0) is 0 Å². The van der Waals surface area contributed by atoms with Gasteiger partial charge in [-0.15, -0.1) is 0 Å². The van der Waals surface area contributed by atoms with Crippen molar-refractivity contribution in [1.82, 2.24) is 0 Å². The Morgan fingerprint density at radius 1 is 1.16 bits per heavy atom. The summed E-state index contributed by atoms with van der Waals surface area (Å²) >= 11 is 0. The smallest absolute Gasteiger partial charge is 0.379 e. The molecule has 1 aliphatic heterocycles. The van der Waals surface area contributed by atoms with Gasteiger partial charge in [0.15, 0.2) is 0 Å². The van der Waals surface area contributed by atoms with E-state index in [-0.39, 0.29) is 0 Å². The minimum atomic E-state index is -4.64. The zero-order valence-electron chi connectivity index (χ0n) is 10.3. The molecule has 2 aliphatic rings. The van der Waals surface area contributed by atoms with E-state index in [4.69, 9.17) is 26.9 Å². The number of ether oxygens (including phenoxy) is 1. The van der Waals surface area contributed by atoms with E-state index >= 15 is 0 Å². The van der Waals surface area contributed by atoms with Crippen molar-refractivity contribution in [3.63, 3.8) is 0 Å². The highest BCUT2D eigenvalue weighted by Crippen LogP contribution is 2.59. The van der Waals surface area contributed by atoms with Crippen LogP contribution in [0.1, 0.15) is 13.8 Å². The molecule has 8 nitrogen and oxygen atoms in total. The summed E-state index contributed by atoms with van der Waals surface area (Å²) < 4.78 is 37.3. The van der Waals surface area contributed by atoms with Gasteiger partial charge in [0.05, 0.1) is 17.9 Å². The fourth-order valence-corrected chi connectivity index (χ4v) is 3.44. The first-order valence-electron chi connectivity index (χ1n) is 5.69. The Hall–Kier alpha value is 0.285. The van der Waals surface area contributed by atoms with Crippen molar-refractivity contribution in [2.45, 2.75) is 43.8 Å². The molecule has 11 heteroatoms. The number of fused-ring (bicyclic) bond motifs is 1. The Balaban J connectivity index is 2.02. The fraction of sp³-hybridized carbons (Fsp3) is 1.00. The van der Waals surface area contributed by atoms with Gasteiger partial charge in [-0.3, -0.25) is 9.09 Å². The van der Waals surface area contributed by atoms with Crippen LogP contribution in [0.25, 0.3) is 0 Å². The molecule has 19 heavy (non-hydrogen) atoms. The maximum absolute atomic E-state index is 11.8. The third kappa shape index (κ3) is 3.31. The lowest BCUT2D eigenvalue weighted by Gasteiger charge is -2.25. The molecule has 0 amide bonds. The van der Waals surface area contributed by atoms with Crippen LogP contribution in [0.3, 0.4) is 0 Å². The molecule has 6 atom stereocenters. The molecule has 0 aromatic carbocycles. The molecule has 1 heterocycles. The third-order valence-corrected chi connectivity index (χ3v) is 5.51. The average Bonchev–Trinajstić information content (AvgIpc) is 2.72. The standard InChI is InChI=1S/C8H15BO8P2/c1-3(2)18(10,11)16-7-4-5(15-8(7)9)6(4)17-19(12,13)14/h3-8H,1-2H3,(H,10,11)(H2,12,13,14)/t4?,5-,6?,7+,8+/m0/s1. The molecule has 2 rings (SSSR count). The fourth-order valence-electron chi connectivity index (χ4n) is 2.01. The van der Waals surface area contributed by atoms with Crippen molar-refractivity contribution in [2.24, 2.45) is 5.92 Å². The van der Waals surface area contributed by atoms with Crippen LogP contribution < -0.4 is 0 Å². The highest BCUT2D eigenvalue weighted by Gasteiger charge is 2.66. The van der Waals surface area contributed by atoms with Gasteiger partial charge in [-0.2, -0.15) is 0 Å². The van der Waals surface area contributed by atoms with Gasteiger partial charge in [0, 0.05) is 11.9 Å². The molecule has 1 saturated heterocycles. The summed E-state index contributed by atoms with van der Waals surface area (Å²) in [5, 5.41) is 0. The highest BCUT2D eigenvalue weighted by molar-refractivity contribution is 7.53. The second-order valence-electron chi connectivity index (χ2n) is 4.93. The van der Waals surface area contributed by atoms with Gasteiger partial charge >= 0.3 is 15.4 Å². The van der Waals surface area contributed by atoms with Crippen LogP contribution in [0.4, 0.5) is 0 Å². The van der Waals surface area contributed by atoms with Crippen LogP contribution in [0.2, 0.25) is 0 Å². The van der Waals surface area contributed by atoms with Crippen molar-refractivity contribution in [2.75, 3.05) is 0 Å². The Morgan fingerprint density at radius 3 is 2.21 bits per heavy atom. The van der Waals surface area contributed by atoms with Crippen molar-refractivity contribution < 1.29 is 37.6 Å². The summed E-state index contributed by atoms with van der Waals surface area (Å²) in [6.07, 6.45) is -2.39. The average molecular weight is 312 g/mol. The lowest BCUT2D eigenvalue weighted by atomic mass is 9.93. The Bertz CT molecular complexity index is 450. The van der Waals surface area contributed by atoms with Crippen LogP contribution in [-0.4, -0.2) is 52.5 Å². The first-order chi connectivity index (χ1) is 8.53. The van der Waals surface area contributed by atoms with E-state index in [0.29, 0.717) is 0 Å². The topological polar surface area (TPSA) is 123 Å². The zero-order chi connectivity index (χ0) is 14.6. The van der Waals surface area contributed by atoms with Crippen LogP contribution in [-0.2, 0) is 22.9 Å². The second-order valence-corrected chi connectivity index (χ2v) is 8.49. The van der Waals surface area contributed by atoms with Crippen LogP contribution in [0.15, 0.2) is 0 Å². The van der Waals surface area contributed by atoms with E-state index in [1.54, 1.807) is 0 Å². The van der Waals surface area contributed by atoms with Crippen molar-refractivity contribution in [1.29, 1.82) is 0 Å². The molecule has 0 aromatic rings. The van der Waals surface area contributed by atoms with Gasteiger partial charge in [0.25, 0.3) is 0 Å². The molecule has 0 bridgehead atoms. The minimum Gasteiger partial charge on any atom is -0.379 e. The van der Waals surface area contributed by atoms with Gasteiger partial charge in [-0.1, -0.05) is 13.8 Å². The SMILES string of the molecule is [B][C@@H]1O[C@@H]2C(OP(=O)(O)O)C2[C@H]1OP(=O)(O)C(C)C. The van der Waals surface area contributed by atoms with Crippen molar-refractivity contribution in [3.05, 3.63) is 0 Å². The van der Waals surface area contributed by atoms with Gasteiger partial charge < -0.3 is 23.9 Å². The number of phosphoric acid groups is 1. The van der Waals surface area contributed by atoms with E-state index in [0.717, 1.165) is 0 Å². The first kappa shape index (κ1) is 15.7. The monoisotopic (exact) mass is 312 g/mol. The predicted octanol–water partition coefficient (Wildman–Crippen LogP) is -0.0335. The zero-order valence-corrected chi connectivity index (χ0v) is 12.1. The summed E-state index contributed by atoms with van der Waals surface area (Å²) in [5.74, 6) is -0.540. The first-order valence-corrected chi connectivity index (χ1v) is 8.86. The number of phosphoric ester groups is 1. The molecule has 1 saturated carbocycles. The largest absolute Gasteiger partial charge is 0.469 e. The van der Waals surface area contributed by atoms with Crippen molar-refractivity contribution in [3.8, 4) is 0 Å². The molecule has 2 fully saturated rings. The molecule has 3 N–H and O–H groups in total. The molecule has 0 spiro atoms. The van der Waals surface area contributed by atoms with Gasteiger partial charge in [-0.25, -0.2) is 4.57 Å². The van der Waals surface area contributed by atoms with Crippen LogP contribution >= 0.6 is 15.4 Å². The molecule has 3 unspecified atom stereocenters. The van der Waals surface area contributed by atoms with E-state index < -0.39 is 51.3 Å². The Labute approximate surface area is 111 Å². The molecular weight excluding hydrogens is 297 g/mol. The maximum Gasteiger partial charge on any atom is 0.469 e. The van der Waals surface area contributed by atoms with E-state index in [2.05, 4.69) is 4.52 Å².